The number of nitrogen functional groups attached to an aromatic ring is 1. The van der Waals surface area contributed by atoms with Crippen LogP contribution in [-0.4, -0.2) is 9.78 Å². The van der Waals surface area contributed by atoms with E-state index in [-0.39, 0.29) is 0 Å². The van der Waals surface area contributed by atoms with Crippen molar-refractivity contribution in [2.45, 2.75) is 38.0 Å². The number of thioether (sulfide) groups is 1. The van der Waals surface area contributed by atoms with Gasteiger partial charge in [0.2, 0.25) is 0 Å². The largest absolute Gasteiger partial charge is 0.398 e. The Balaban J connectivity index is 2.21. The van der Waals surface area contributed by atoms with Crippen LogP contribution in [0, 0.1) is 13.8 Å². The summed E-state index contributed by atoms with van der Waals surface area (Å²) in [7, 11) is 0. The zero-order valence-electron chi connectivity index (χ0n) is 11.4. The molecule has 2 N–H and O–H groups in total. The molecular formula is C14H18BrN3S. The van der Waals surface area contributed by atoms with Crippen LogP contribution in [0.25, 0.3) is 0 Å². The van der Waals surface area contributed by atoms with Crippen LogP contribution in [0.15, 0.2) is 27.6 Å². The van der Waals surface area contributed by atoms with Gasteiger partial charge in [-0.15, -0.1) is 11.8 Å². The number of aryl methyl sites for hydroxylation is 3. The molecule has 0 aliphatic heterocycles. The second-order valence-electron chi connectivity index (χ2n) is 4.49. The van der Waals surface area contributed by atoms with Crippen LogP contribution in [0.4, 0.5) is 5.69 Å². The maximum absolute atomic E-state index is 6.01. The van der Waals surface area contributed by atoms with E-state index in [9.17, 15) is 0 Å². The van der Waals surface area contributed by atoms with Gasteiger partial charge < -0.3 is 5.73 Å². The highest BCUT2D eigenvalue weighted by atomic mass is 79.9. The number of nitrogens with two attached hydrogens (primary N) is 1. The van der Waals surface area contributed by atoms with Crippen LogP contribution in [0.2, 0.25) is 0 Å². The Morgan fingerprint density at radius 3 is 2.79 bits per heavy atom. The lowest BCUT2D eigenvalue weighted by Gasteiger charge is -2.08. The first-order valence-corrected chi connectivity index (χ1v) is 8.01. The van der Waals surface area contributed by atoms with E-state index in [1.807, 2.05) is 23.7 Å². The summed E-state index contributed by atoms with van der Waals surface area (Å²) < 4.78 is 3.14. The van der Waals surface area contributed by atoms with Gasteiger partial charge in [0.15, 0.2) is 0 Å². The van der Waals surface area contributed by atoms with Crippen molar-refractivity contribution >= 4 is 33.4 Å². The smallest absolute Gasteiger partial charge is 0.0739 e. The summed E-state index contributed by atoms with van der Waals surface area (Å²) in [4.78, 5) is 1.13. The van der Waals surface area contributed by atoms with Crippen molar-refractivity contribution in [2.75, 3.05) is 5.73 Å². The number of rotatable bonds is 4. The standard InChI is InChI=1S/C14H18BrN3S/c1-4-18-12(14(15)10(3)17-18)8-19-13-7-9(2)5-6-11(13)16/h5-7H,4,8,16H2,1-3H3. The van der Waals surface area contributed by atoms with Crippen molar-refractivity contribution in [3.63, 3.8) is 0 Å². The summed E-state index contributed by atoms with van der Waals surface area (Å²) in [6.07, 6.45) is 0. The minimum Gasteiger partial charge on any atom is -0.398 e. The summed E-state index contributed by atoms with van der Waals surface area (Å²) in [5, 5.41) is 4.51. The van der Waals surface area contributed by atoms with Gasteiger partial charge in [-0.2, -0.15) is 5.10 Å². The minimum absolute atomic E-state index is 0.839. The molecule has 0 aliphatic rings. The van der Waals surface area contributed by atoms with Crippen molar-refractivity contribution in [2.24, 2.45) is 0 Å². The average molecular weight is 340 g/mol. The van der Waals surface area contributed by atoms with Gasteiger partial charge in [-0.3, -0.25) is 4.68 Å². The Hall–Kier alpha value is -0.940. The van der Waals surface area contributed by atoms with Gasteiger partial charge in [-0.25, -0.2) is 0 Å². The zero-order chi connectivity index (χ0) is 14.0. The molecule has 0 saturated heterocycles. The van der Waals surface area contributed by atoms with Crippen LogP contribution in [0.3, 0.4) is 0 Å². The van der Waals surface area contributed by atoms with Crippen LogP contribution in [0.5, 0.6) is 0 Å². The van der Waals surface area contributed by atoms with Crippen LogP contribution >= 0.6 is 27.7 Å². The van der Waals surface area contributed by atoms with E-state index in [1.54, 1.807) is 11.8 Å². The highest BCUT2D eigenvalue weighted by Crippen LogP contribution is 2.32. The number of benzene rings is 1. The first-order chi connectivity index (χ1) is 9.02. The normalized spacial score (nSPS) is 10.9. The van der Waals surface area contributed by atoms with Gasteiger partial charge >= 0.3 is 0 Å². The highest BCUT2D eigenvalue weighted by molar-refractivity contribution is 9.10. The van der Waals surface area contributed by atoms with Gasteiger partial charge in [0.25, 0.3) is 0 Å². The molecule has 1 heterocycles. The highest BCUT2D eigenvalue weighted by Gasteiger charge is 2.12. The minimum atomic E-state index is 0.839. The Morgan fingerprint density at radius 2 is 2.11 bits per heavy atom. The molecule has 0 spiro atoms. The molecule has 0 fully saturated rings. The van der Waals surface area contributed by atoms with Crippen molar-refractivity contribution in [1.29, 1.82) is 0 Å². The van der Waals surface area contributed by atoms with Gasteiger partial charge in [0, 0.05) is 22.9 Å². The summed E-state index contributed by atoms with van der Waals surface area (Å²) >= 11 is 5.38. The Labute approximate surface area is 126 Å². The fourth-order valence-electron chi connectivity index (χ4n) is 1.92. The molecule has 5 heteroatoms. The summed E-state index contributed by atoms with van der Waals surface area (Å²) in [6.45, 7) is 7.09. The maximum Gasteiger partial charge on any atom is 0.0739 e. The molecule has 0 atom stereocenters. The van der Waals surface area contributed by atoms with Crippen LogP contribution in [-0.2, 0) is 12.3 Å². The Kier molecular flexibility index (Phi) is 4.58. The van der Waals surface area contributed by atoms with E-state index in [1.165, 1.54) is 11.3 Å². The lowest BCUT2D eigenvalue weighted by molar-refractivity contribution is 0.631. The van der Waals surface area contributed by atoms with Gasteiger partial charge in [-0.05, 0) is 54.4 Å². The van der Waals surface area contributed by atoms with Crippen LogP contribution in [0.1, 0.15) is 23.9 Å². The molecular weight excluding hydrogens is 322 g/mol. The molecule has 0 bridgehead atoms. The molecule has 2 aromatic rings. The molecule has 102 valence electrons. The number of halogens is 1. The number of nitrogens with zero attached hydrogens (tertiary/aromatic N) is 2. The third-order valence-corrected chi connectivity index (χ3v) is 5.10. The molecule has 19 heavy (non-hydrogen) atoms. The van der Waals surface area contributed by atoms with Crippen LogP contribution < -0.4 is 5.73 Å². The predicted octanol–water partition coefficient (Wildman–Crippen LogP) is 4.16. The third-order valence-electron chi connectivity index (χ3n) is 2.99. The van der Waals surface area contributed by atoms with Crippen molar-refractivity contribution < 1.29 is 0 Å². The predicted molar refractivity (Wildman–Crippen MR) is 85.5 cm³/mol. The third kappa shape index (κ3) is 3.15. The second-order valence-corrected chi connectivity index (χ2v) is 6.30. The molecule has 0 saturated carbocycles. The second kappa shape index (κ2) is 6.01. The van der Waals surface area contributed by atoms with E-state index in [0.717, 1.165) is 33.0 Å². The first kappa shape index (κ1) is 14.5. The lowest BCUT2D eigenvalue weighted by atomic mass is 10.2. The van der Waals surface area contributed by atoms with Crippen molar-refractivity contribution in [1.82, 2.24) is 9.78 Å². The van der Waals surface area contributed by atoms with E-state index in [2.05, 4.69) is 40.9 Å². The SMILES string of the molecule is CCn1nc(C)c(Br)c1CSc1cc(C)ccc1N. The Morgan fingerprint density at radius 1 is 1.37 bits per heavy atom. The maximum atomic E-state index is 6.01. The van der Waals surface area contributed by atoms with E-state index >= 15 is 0 Å². The van der Waals surface area contributed by atoms with E-state index in [0.29, 0.717) is 0 Å². The molecule has 1 aromatic carbocycles. The van der Waals surface area contributed by atoms with Gasteiger partial charge in [0.05, 0.1) is 15.9 Å². The fraction of sp³-hybridized carbons (Fsp3) is 0.357. The molecule has 2 rings (SSSR count). The average Bonchev–Trinajstić information content (AvgIpc) is 2.66. The molecule has 0 aliphatic carbocycles. The molecule has 0 amide bonds. The molecule has 3 nitrogen and oxygen atoms in total. The number of hydrogen-bond acceptors (Lipinski definition) is 3. The first-order valence-electron chi connectivity index (χ1n) is 6.23. The number of hydrogen-bond donors (Lipinski definition) is 1. The monoisotopic (exact) mass is 339 g/mol. The topological polar surface area (TPSA) is 43.8 Å². The van der Waals surface area contributed by atoms with Gasteiger partial charge in [0.1, 0.15) is 0 Å². The summed E-state index contributed by atoms with van der Waals surface area (Å²) in [6, 6.07) is 6.14. The van der Waals surface area contributed by atoms with Gasteiger partial charge in [-0.1, -0.05) is 6.07 Å². The van der Waals surface area contributed by atoms with Crippen molar-refractivity contribution in [3.05, 3.63) is 39.6 Å². The molecule has 0 unspecified atom stereocenters. The lowest BCUT2D eigenvalue weighted by Crippen LogP contribution is -2.02. The van der Waals surface area contributed by atoms with E-state index < -0.39 is 0 Å². The van der Waals surface area contributed by atoms with Crippen molar-refractivity contribution in [3.8, 4) is 0 Å². The molecule has 1 aromatic heterocycles. The number of anilines is 1. The molecule has 0 radical (unpaired) electrons. The summed E-state index contributed by atoms with van der Waals surface area (Å²) in [5.74, 6) is 0.864. The number of aromatic nitrogens is 2. The van der Waals surface area contributed by atoms with E-state index in [4.69, 9.17) is 5.73 Å². The summed E-state index contributed by atoms with van der Waals surface area (Å²) in [5.41, 5.74) is 10.3. The quantitative estimate of drug-likeness (QED) is 0.671. The Bertz CT molecular complexity index is 593. The zero-order valence-corrected chi connectivity index (χ0v) is 13.8. The fourth-order valence-corrected chi connectivity index (χ4v) is 3.62.